The number of aliphatic imine (C=N–C) groups is 2. The zero-order chi connectivity index (χ0) is 15.2. The predicted octanol–water partition coefficient (Wildman–Crippen LogP) is 3.20. The molecule has 2 rings (SSSR count). The molecule has 0 aliphatic carbocycles. The van der Waals surface area contributed by atoms with Crippen LogP contribution in [0.4, 0.5) is 0 Å². The van der Waals surface area contributed by atoms with E-state index in [4.69, 9.17) is 5.26 Å². The van der Waals surface area contributed by atoms with Crippen LogP contribution in [0.1, 0.15) is 19.8 Å². The first kappa shape index (κ1) is 27.9. The zero-order valence-electron chi connectivity index (χ0n) is 13.9. The van der Waals surface area contributed by atoms with Gasteiger partial charge in [-0.15, -0.1) is 6.54 Å². The van der Waals surface area contributed by atoms with E-state index >= 15 is 0 Å². The van der Waals surface area contributed by atoms with Crippen LogP contribution in [0.5, 0.6) is 0 Å². The topological polar surface area (TPSA) is 108 Å². The van der Waals surface area contributed by atoms with E-state index in [0.717, 1.165) is 38.3 Å². The van der Waals surface area contributed by atoms with Crippen molar-refractivity contribution in [1.29, 1.82) is 5.26 Å². The van der Waals surface area contributed by atoms with E-state index in [-0.39, 0.29) is 40.3 Å². The molecular weight excluding hydrogens is 403 g/mol. The Balaban J connectivity index is -0.000000685. The second-order valence-electron chi connectivity index (χ2n) is 4.79. The van der Waals surface area contributed by atoms with Crippen molar-refractivity contribution in [3.05, 3.63) is 35.4 Å². The zero-order valence-corrected chi connectivity index (χ0v) is 15.8. The van der Waals surface area contributed by atoms with Gasteiger partial charge >= 0.3 is 34.1 Å². The molecule has 0 bridgehead atoms. The first-order valence-electron chi connectivity index (χ1n) is 7.41. The molecular formula is C16H26Cu2N6+2. The minimum atomic E-state index is 0. The Hall–Kier alpha value is -0.931. The number of nitrogens with two attached hydrogens (primary N) is 1. The van der Waals surface area contributed by atoms with E-state index in [1.165, 1.54) is 19.8 Å². The molecule has 0 aromatic carbocycles. The molecule has 0 saturated carbocycles. The van der Waals surface area contributed by atoms with Gasteiger partial charge in [-0.05, 0) is 37.4 Å². The summed E-state index contributed by atoms with van der Waals surface area (Å²) in [5, 5.41) is 14.8. The van der Waals surface area contributed by atoms with Gasteiger partial charge in [-0.3, -0.25) is 9.98 Å². The monoisotopic (exact) mass is 428 g/mol. The Kier molecular flexibility index (Phi) is 23.4. The molecule has 0 unspecified atom stereocenters. The SMILES string of the molecule is C1=CC(C=NCCN=CC2CCNCC2)=CC[N-]1.CC#N.[Cu+2].[Cu+2].[NH2-]. The van der Waals surface area contributed by atoms with Crippen LogP contribution in [0.2, 0.25) is 0 Å². The molecule has 2 aliphatic rings. The quantitative estimate of drug-likeness (QED) is 0.411. The van der Waals surface area contributed by atoms with Crippen LogP contribution in [0, 0.1) is 17.2 Å². The summed E-state index contributed by atoms with van der Waals surface area (Å²) in [4.78, 5) is 8.82. The summed E-state index contributed by atoms with van der Waals surface area (Å²) in [6.45, 7) is 6.01. The van der Waals surface area contributed by atoms with Crippen molar-refractivity contribution in [2.75, 3.05) is 32.7 Å². The summed E-state index contributed by atoms with van der Waals surface area (Å²) in [5.41, 5.74) is 1.15. The van der Waals surface area contributed by atoms with Gasteiger partial charge in [0.25, 0.3) is 0 Å². The molecule has 8 heteroatoms. The summed E-state index contributed by atoms with van der Waals surface area (Å²) in [5.74, 6) is 0.667. The molecule has 0 amide bonds. The average Bonchev–Trinajstić information content (AvgIpc) is 2.53. The van der Waals surface area contributed by atoms with Crippen LogP contribution in [-0.2, 0) is 34.1 Å². The van der Waals surface area contributed by atoms with Gasteiger partial charge in [-0.2, -0.15) is 11.5 Å². The summed E-state index contributed by atoms with van der Waals surface area (Å²) in [6, 6.07) is 1.75. The van der Waals surface area contributed by atoms with Crippen molar-refractivity contribution in [3.8, 4) is 6.07 Å². The first-order valence-corrected chi connectivity index (χ1v) is 7.41. The van der Waals surface area contributed by atoms with Gasteiger partial charge in [-0.1, -0.05) is 12.2 Å². The van der Waals surface area contributed by atoms with Crippen molar-refractivity contribution in [3.63, 3.8) is 0 Å². The molecule has 24 heavy (non-hydrogen) atoms. The summed E-state index contributed by atoms with van der Waals surface area (Å²) in [7, 11) is 0. The van der Waals surface area contributed by atoms with Crippen LogP contribution >= 0.6 is 0 Å². The second kappa shape index (κ2) is 20.1. The smallest absolute Gasteiger partial charge is 0.693 e. The van der Waals surface area contributed by atoms with Gasteiger partial charge in [-0.25, -0.2) is 0 Å². The van der Waals surface area contributed by atoms with Crippen molar-refractivity contribution in [2.24, 2.45) is 15.9 Å². The van der Waals surface area contributed by atoms with E-state index < -0.39 is 0 Å². The maximum absolute atomic E-state index is 7.32. The third kappa shape index (κ3) is 14.6. The fourth-order valence-electron chi connectivity index (χ4n) is 2.02. The Labute approximate surface area is 166 Å². The van der Waals surface area contributed by atoms with Gasteiger partial charge in [0.1, 0.15) is 0 Å². The van der Waals surface area contributed by atoms with E-state index in [1.54, 1.807) is 6.07 Å². The van der Waals surface area contributed by atoms with E-state index in [1.807, 2.05) is 18.5 Å². The number of allylic oxidation sites excluding steroid dienone is 2. The molecule has 1 saturated heterocycles. The number of rotatable bonds is 5. The summed E-state index contributed by atoms with van der Waals surface area (Å²) < 4.78 is 0. The number of piperidine rings is 1. The maximum atomic E-state index is 7.32. The van der Waals surface area contributed by atoms with Gasteiger partial charge in [0, 0.05) is 19.4 Å². The van der Waals surface area contributed by atoms with Crippen molar-refractivity contribution in [1.82, 2.24) is 5.32 Å². The number of nitrogens with zero attached hydrogens (tertiary/aromatic N) is 4. The number of nitrogens with one attached hydrogen (secondary N) is 1. The first-order chi connectivity index (χ1) is 10.4. The van der Waals surface area contributed by atoms with Crippen LogP contribution in [0.25, 0.3) is 11.5 Å². The molecule has 2 radical (unpaired) electrons. The molecule has 0 aromatic rings. The summed E-state index contributed by atoms with van der Waals surface area (Å²) in [6.07, 6.45) is 12.3. The largest absolute Gasteiger partial charge is 2.00 e. The van der Waals surface area contributed by atoms with E-state index in [9.17, 15) is 0 Å². The number of hydrogen-bond acceptors (Lipinski definition) is 4. The Morgan fingerprint density at radius 2 is 1.92 bits per heavy atom. The van der Waals surface area contributed by atoms with Crippen molar-refractivity contribution >= 4 is 12.4 Å². The number of hydrogen-bond donors (Lipinski definition) is 1. The van der Waals surface area contributed by atoms with Crippen molar-refractivity contribution < 1.29 is 34.1 Å². The molecule has 1 fully saturated rings. The Bertz CT molecular complexity index is 434. The number of nitriles is 1. The minimum Gasteiger partial charge on any atom is -0.693 e. The molecule has 0 atom stereocenters. The molecule has 2 aliphatic heterocycles. The minimum absolute atomic E-state index is 0. The predicted molar refractivity (Wildman–Crippen MR) is 94.3 cm³/mol. The average molecular weight is 430 g/mol. The molecule has 0 aromatic heterocycles. The molecule has 6 nitrogen and oxygen atoms in total. The standard InChI is InChI=1S/C14H21N4.C2H3N.2Cu.H2N/c1-5-15-6-2-13(1)11-17-9-10-18-12-14-3-7-16-8-4-14;1-2-3;;;/h1-2,5,11-12,14,16H,3-4,6-10H2;1H3;;;1H2/q-1;;2*+2;-1. The third-order valence-electron chi connectivity index (χ3n) is 3.10. The third-order valence-corrected chi connectivity index (χ3v) is 3.10. The molecule has 140 valence electrons. The normalized spacial score (nSPS) is 16.4. The van der Waals surface area contributed by atoms with Gasteiger partial charge in [0.05, 0.1) is 19.2 Å². The Morgan fingerprint density at radius 3 is 2.50 bits per heavy atom. The van der Waals surface area contributed by atoms with E-state index in [2.05, 4.69) is 32.9 Å². The van der Waals surface area contributed by atoms with Gasteiger partial charge < -0.3 is 16.8 Å². The maximum Gasteiger partial charge on any atom is 2.00 e. The Morgan fingerprint density at radius 1 is 1.29 bits per heavy atom. The van der Waals surface area contributed by atoms with Crippen molar-refractivity contribution in [2.45, 2.75) is 19.8 Å². The van der Waals surface area contributed by atoms with Crippen LogP contribution in [0.3, 0.4) is 0 Å². The molecule has 3 N–H and O–H groups in total. The molecule has 2 heterocycles. The van der Waals surface area contributed by atoms with Crippen LogP contribution in [-0.4, -0.2) is 45.2 Å². The fraction of sp³-hybridized carbons (Fsp3) is 0.562. The second-order valence-corrected chi connectivity index (χ2v) is 4.79. The van der Waals surface area contributed by atoms with E-state index in [0.29, 0.717) is 5.92 Å². The van der Waals surface area contributed by atoms with Crippen LogP contribution in [0.15, 0.2) is 33.9 Å². The molecule has 0 spiro atoms. The van der Waals surface area contributed by atoms with Crippen LogP contribution < -0.4 is 5.32 Å². The fourth-order valence-corrected chi connectivity index (χ4v) is 2.02. The van der Waals surface area contributed by atoms with Gasteiger partial charge in [0.2, 0.25) is 0 Å². The van der Waals surface area contributed by atoms with Gasteiger partial charge in [0.15, 0.2) is 0 Å². The summed E-state index contributed by atoms with van der Waals surface area (Å²) >= 11 is 0.